The molecule has 1 N–H and O–H groups in total. The quantitative estimate of drug-likeness (QED) is 0.861. The topological polar surface area (TPSA) is 61.9 Å². The molecule has 0 atom stereocenters. The summed E-state index contributed by atoms with van der Waals surface area (Å²) in [6, 6.07) is 9.40. The lowest BCUT2D eigenvalue weighted by Gasteiger charge is -2.44. The maximum absolute atomic E-state index is 12.8. The van der Waals surface area contributed by atoms with E-state index in [1.807, 2.05) is 72.7 Å². The first kappa shape index (κ1) is 19.9. The number of rotatable bonds is 3. The summed E-state index contributed by atoms with van der Waals surface area (Å²) in [5, 5.41) is 3.02. The molecule has 148 valence electrons. The van der Waals surface area contributed by atoms with Crippen molar-refractivity contribution in [3.63, 3.8) is 0 Å². The highest BCUT2D eigenvalue weighted by Gasteiger charge is 2.47. The van der Waals surface area contributed by atoms with Gasteiger partial charge in [0.25, 0.3) is 5.91 Å². The predicted octanol–water partition coefficient (Wildman–Crippen LogP) is 2.94. The van der Waals surface area contributed by atoms with E-state index < -0.39 is 0 Å². The lowest BCUT2D eigenvalue weighted by molar-refractivity contribution is -0.136. The van der Waals surface area contributed by atoms with Crippen molar-refractivity contribution < 1.29 is 14.3 Å². The summed E-state index contributed by atoms with van der Waals surface area (Å²) in [6.45, 7) is 8.08. The second kappa shape index (κ2) is 8.00. The Bertz CT molecular complexity index is 667. The molecule has 0 radical (unpaired) electrons. The fraction of sp³-hybridized carbons (Fsp3) is 0.600. The molecule has 1 aromatic carbocycles. The number of piperidine rings is 1. The molecule has 0 saturated carbocycles. The molecular weight excluding hydrogens is 362 g/mol. The van der Waals surface area contributed by atoms with Crippen LogP contribution in [0.1, 0.15) is 33.6 Å². The summed E-state index contributed by atoms with van der Waals surface area (Å²) in [6.07, 6.45) is 1.60. The van der Waals surface area contributed by atoms with E-state index in [2.05, 4.69) is 5.32 Å². The first-order valence-electron chi connectivity index (χ1n) is 9.48. The van der Waals surface area contributed by atoms with E-state index in [4.69, 9.17) is 4.74 Å². The molecule has 6 nitrogen and oxygen atoms in total. The molecule has 3 rings (SSSR count). The van der Waals surface area contributed by atoms with Crippen LogP contribution < -0.4 is 10.1 Å². The van der Waals surface area contributed by atoms with Crippen LogP contribution in [0.5, 0.6) is 5.75 Å². The van der Waals surface area contributed by atoms with Gasteiger partial charge >= 0.3 is 6.03 Å². The van der Waals surface area contributed by atoms with Crippen molar-refractivity contribution in [1.29, 1.82) is 0 Å². The van der Waals surface area contributed by atoms with Gasteiger partial charge in [-0.2, -0.15) is 0 Å². The molecule has 0 unspecified atom stereocenters. The lowest BCUT2D eigenvalue weighted by atomic mass is 10.0. The van der Waals surface area contributed by atoms with Gasteiger partial charge in [0, 0.05) is 30.9 Å². The Morgan fingerprint density at radius 1 is 1.15 bits per heavy atom. The van der Waals surface area contributed by atoms with Crippen LogP contribution in [0, 0.1) is 0 Å². The molecule has 2 heterocycles. The number of carbonyl (C=O) groups excluding carboxylic acids is 2. The molecule has 2 saturated heterocycles. The van der Waals surface area contributed by atoms with Crippen LogP contribution in [0.15, 0.2) is 30.3 Å². The number of thioether (sulfide) groups is 1. The van der Waals surface area contributed by atoms with Gasteiger partial charge in [-0.25, -0.2) is 4.79 Å². The van der Waals surface area contributed by atoms with E-state index in [9.17, 15) is 9.59 Å². The molecule has 1 spiro atoms. The minimum absolute atomic E-state index is 0.0226. The predicted molar refractivity (Wildman–Crippen MR) is 108 cm³/mol. The third kappa shape index (κ3) is 4.89. The van der Waals surface area contributed by atoms with E-state index >= 15 is 0 Å². The molecule has 3 amide bonds. The molecule has 2 aliphatic rings. The second-order valence-corrected chi connectivity index (χ2v) is 9.57. The van der Waals surface area contributed by atoms with Gasteiger partial charge < -0.3 is 19.9 Å². The zero-order valence-electron chi connectivity index (χ0n) is 16.4. The maximum atomic E-state index is 12.8. The van der Waals surface area contributed by atoms with Crippen LogP contribution in [0.3, 0.4) is 0 Å². The number of urea groups is 1. The minimum Gasteiger partial charge on any atom is -0.484 e. The zero-order valence-corrected chi connectivity index (χ0v) is 17.2. The third-order valence-corrected chi connectivity index (χ3v) is 6.45. The van der Waals surface area contributed by atoms with Crippen molar-refractivity contribution in [2.45, 2.75) is 44.0 Å². The number of amides is 3. The number of likely N-dealkylation sites (tertiary alicyclic amines) is 1. The number of para-hydroxylation sites is 1. The van der Waals surface area contributed by atoms with Crippen molar-refractivity contribution in [2.75, 3.05) is 32.0 Å². The molecule has 7 heteroatoms. The van der Waals surface area contributed by atoms with E-state index in [1.54, 1.807) is 0 Å². The smallest absolute Gasteiger partial charge is 0.317 e. The monoisotopic (exact) mass is 391 g/mol. The van der Waals surface area contributed by atoms with Gasteiger partial charge in [0.05, 0.1) is 4.87 Å². The maximum Gasteiger partial charge on any atom is 0.317 e. The Kier molecular flexibility index (Phi) is 5.89. The van der Waals surface area contributed by atoms with E-state index in [-0.39, 0.29) is 29.0 Å². The Morgan fingerprint density at radius 3 is 2.44 bits per heavy atom. The summed E-state index contributed by atoms with van der Waals surface area (Å²) < 4.78 is 5.65. The molecule has 2 aliphatic heterocycles. The summed E-state index contributed by atoms with van der Waals surface area (Å²) in [4.78, 5) is 28.8. The van der Waals surface area contributed by atoms with Gasteiger partial charge in [0.15, 0.2) is 6.61 Å². The van der Waals surface area contributed by atoms with E-state index in [1.165, 1.54) is 0 Å². The van der Waals surface area contributed by atoms with Gasteiger partial charge in [0.1, 0.15) is 5.75 Å². The fourth-order valence-corrected chi connectivity index (χ4v) is 5.05. The Labute approximate surface area is 165 Å². The Hall–Kier alpha value is -1.89. The molecule has 0 aromatic heterocycles. The van der Waals surface area contributed by atoms with Gasteiger partial charge in [-0.3, -0.25) is 4.79 Å². The van der Waals surface area contributed by atoms with Crippen LogP contribution in [0.2, 0.25) is 0 Å². The van der Waals surface area contributed by atoms with Gasteiger partial charge in [-0.15, -0.1) is 11.8 Å². The Balaban J connectivity index is 1.56. The Morgan fingerprint density at radius 2 is 1.81 bits per heavy atom. The van der Waals surface area contributed by atoms with Crippen molar-refractivity contribution >= 4 is 23.7 Å². The number of ether oxygens (including phenoxy) is 1. The lowest BCUT2D eigenvalue weighted by Crippen LogP contribution is -2.57. The van der Waals surface area contributed by atoms with Crippen LogP contribution >= 0.6 is 11.8 Å². The number of carbonyl (C=O) groups is 2. The number of hydrogen-bond acceptors (Lipinski definition) is 4. The highest BCUT2D eigenvalue weighted by atomic mass is 32.2. The number of nitrogens with zero attached hydrogens (tertiary/aromatic N) is 2. The SMILES string of the molecule is CC(C)(C)NC(=O)N1CCC2(CC1)SCCN2C(=O)COc1ccccc1. The first-order chi connectivity index (χ1) is 12.8. The molecule has 0 aliphatic carbocycles. The average molecular weight is 392 g/mol. The summed E-state index contributed by atoms with van der Waals surface area (Å²) in [7, 11) is 0. The molecule has 27 heavy (non-hydrogen) atoms. The van der Waals surface area contributed by atoms with Gasteiger partial charge in [0.2, 0.25) is 0 Å². The van der Waals surface area contributed by atoms with Crippen molar-refractivity contribution in [3.05, 3.63) is 30.3 Å². The van der Waals surface area contributed by atoms with Gasteiger partial charge in [-0.05, 0) is 45.7 Å². The van der Waals surface area contributed by atoms with Crippen LogP contribution in [0.25, 0.3) is 0 Å². The van der Waals surface area contributed by atoms with Gasteiger partial charge in [-0.1, -0.05) is 18.2 Å². The molecule has 2 fully saturated rings. The second-order valence-electron chi connectivity index (χ2n) is 8.11. The number of nitrogens with one attached hydrogen (secondary N) is 1. The summed E-state index contributed by atoms with van der Waals surface area (Å²) >= 11 is 1.84. The number of benzene rings is 1. The summed E-state index contributed by atoms with van der Waals surface area (Å²) in [5.74, 6) is 1.67. The third-order valence-electron chi connectivity index (χ3n) is 4.90. The highest BCUT2D eigenvalue weighted by Crippen LogP contribution is 2.44. The van der Waals surface area contributed by atoms with E-state index in [0.29, 0.717) is 18.8 Å². The molecule has 0 bridgehead atoms. The largest absolute Gasteiger partial charge is 0.484 e. The van der Waals surface area contributed by atoms with Crippen LogP contribution in [0.4, 0.5) is 4.79 Å². The van der Waals surface area contributed by atoms with Crippen molar-refractivity contribution in [2.24, 2.45) is 0 Å². The zero-order chi connectivity index (χ0) is 19.5. The summed E-state index contributed by atoms with van der Waals surface area (Å²) in [5.41, 5.74) is -0.245. The highest BCUT2D eigenvalue weighted by molar-refractivity contribution is 8.00. The van der Waals surface area contributed by atoms with Crippen molar-refractivity contribution in [1.82, 2.24) is 15.1 Å². The van der Waals surface area contributed by atoms with Crippen LogP contribution in [-0.4, -0.2) is 64.1 Å². The molecule has 1 aromatic rings. The fourth-order valence-electron chi connectivity index (χ4n) is 3.57. The number of hydrogen-bond donors (Lipinski definition) is 1. The standard InChI is InChI=1S/C20H29N3O3S/c1-19(2,3)21-18(25)22-11-9-20(10-12-22)23(13-14-27-20)17(24)15-26-16-7-5-4-6-8-16/h4-8H,9-15H2,1-3H3,(H,21,25). The minimum atomic E-state index is -0.245. The van der Waals surface area contributed by atoms with Crippen molar-refractivity contribution in [3.8, 4) is 5.75 Å². The van der Waals surface area contributed by atoms with Crippen LogP contribution in [-0.2, 0) is 4.79 Å². The van der Waals surface area contributed by atoms with E-state index in [0.717, 1.165) is 25.1 Å². The average Bonchev–Trinajstić information content (AvgIpc) is 3.03. The molecular formula is C20H29N3O3S. The normalized spacial score (nSPS) is 19.2. The first-order valence-corrected chi connectivity index (χ1v) is 10.5.